The van der Waals surface area contributed by atoms with Crippen LogP contribution in [0.4, 0.5) is 5.13 Å². The van der Waals surface area contributed by atoms with Crippen LogP contribution in [0, 0.1) is 6.92 Å². The van der Waals surface area contributed by atoms with Crippen LogP contribution in [-0.4, -0.2) is 16.0 Å². The van der Waals surface area contributed by atoms with Gasteiger partial charge in [0.25, 0.3) is 0 Å². The van der Waals surface area contributed by atoms with Crippen molar-refractivity contribution in [2.75, 3.05) is 5.32 Å². The zero-order chi connectivity index (χ0) is 20.2. The van der Waals surface area contributed by atoms with Gasteiger partial charge in [-0.3, -0.25) is 4.98 Å². The van der Waals surface area contributed by atoms with E-state index in [1.54, 1.807) is 11.3 Å². The van der Waals surface area contributed by atoms with Crippen molar-refractivity contribution in [3.05, 3.63) is 89.3 Å². The highest BCUT2D eigenvalue weighted by molar-refractivity contribution is 7.18. The third-order valence-electron chi connectivity index (χ3n) is 4.76. The number of nitrogens with zero attached hydrogens (tertiary/aromatic N) is 2. The lowest BCUT2D eigenvalue weighted by atomic mass is 10.0. The Morgan fingerprint density at radius 2 is 1.83 bits per heavy atom. The van der Waals surface area contributed by atoms with Gasteiger partial charge in [-0.2, -0.15) is 0 Å². The van der Waals surface area contributed by atoms with Crippen molar-refractivity contribution in [3.63, 3.8) is 0 Å². The third-order valence-corrected chi connectivity index (χ3v) is 6.04. The van der Waals surface area contributed by atoms with Crippen LogP contribution in [0.2, 0.25) is 5.02 Å². The molecular formula is C24H22ClN3S. The van der Waals surface area contributed by atoms with Gasteiger partial charge >= 0.3 is 0 Å². The molecular weight excluding hydrogens is 398 g/mol. The number of hydrogen-bond donors (Lipinski definition) is 1. The van der Waals surface area contributed by atoms with Crippen molar-refractivity contribution in [2.24, 2.45) is 0 Å². The maximum absolute atomic E-state index is 6.52. The number of aromatic nitrogens is 2. The second-order valence-electron chi connectivity index (χ2n) is 7.17. The Labute approximate surface area is 180 Å². The van der Waals surface area contributed by atoms with E-state index in [0.29, 0.717) is 6.04 Å². The maximum atomic E-state index is 6.52. The Hall–Kier alpha value is -2.69. The van der Waals surface area contributed by atoms with Crippen molar-refractivity contribution in [3.8, 4) is 21.6 Å². The van der Waals surface area contributed by atoms with E-state index >= 15 is 0 Å². The summed E-state index contributed by atoms with van der Waals surface area (Å²) in [6.45, 7) is 4.22. The molecule has 0 aliphatic rings. The molecule has 4 aromatic rings. The molecule has 0 fully saturated rings. The minimum atomic E-state index is 0.292. The van der Waals surface area contributed by atoms with Crippen LogP contribution < -0.4 is 5.32 Å². The number of rotatable bonds is 6. The Morgan fingerprint density at radius 1 is 1.00 bits per heavy atom. The lowest BCUT2D eigenvalue weighted by Crippen LogP contribution is -2.17. The average molecular weight is 420 g/mol. The second-order valence-corrected chi connectivity index (χ2v) is 8.61. The summed E-state index contributed by atoms with van der Waals surface area (Å²) < 4.78 is 0. The molecule has 0 amide bonds. The van der Waals surface area contributed by atoms with E-state index in [1.807, 2.05) is 43.7 Å². The van der Waals surface area contributed by atoms with Crippen LogP contribution in [-0.2, 0) is 6.42 Å². The number of aryl methyl sites for hydroxylation is 1. The van der Waals surface area contributed by atoms with E-state index < -0.39 is 0 Å². The molecule has 1 N–H and O–H groups in total. The van der Waals surface area contributed by atoms with Gasteiger partial charge in [-0.05, 0) is 43.5 Å². The zero-order valence-corrected chi connectivity index (χ0v) is 18.0. The topological polar surface area (TPSA) is 37.8 Å². The molecule has 146 valence electrons. The van der Waals surface area contributed by atoms with Gasteiger partial charge in [0.1, 0.15) is 0 Å². The van der Waals surface area contributed by atoms with Crippen molar-refractivity contribution >= 4 is 28.1 Å². The summed E-state index contributed by atoms with van der Waals surface area (Å²) in [7, 11) is 0. The fraction of sp³-hybridized carbons (Fsp3) is 0.167. The van der Waals surface area contributed by atoms with Crippen LogP contribution in [0.15, 0.2) is 73.2 Å². The lowest BCUT2D eigenvalue weighted by molar-refractivity contribution is 0.789. The van der Waals surface area contributed by atoms with Gasteiger partial charge in [0.05, 0.1) is 4.88 Å². The molecule has 0 radical (unpaired) electrons. The molecule has 0 bridgehead atoms. The highest BCUT2D eigenvalue weighted by Crippen LogP contribution is 2.38. The molecule has 4 rings (SSSR count). The summed E-state index contributed by atoms with van der Waals surface area (Å²) >= 11 is 8.17. The van der Waals surface area contributed by atoms with E-state index in [1.165, 1.54) is 5.56 Å². The first-order valence-electron chi connectivity index (χ1n) is 9.57. The Balaban J connectivity index is 1.57. The molecule has 0 saturated carbocycles. The number of anilines is 1. The van der Waals surface area contributed by atoms with Gasteiger partial charge in [0, 0.05) is 46.3 Å². The van der Waals surface area contributed by atoms with E-state index in [2.05, 4.69) is 58.6 Å². The predicted molar refractivity (Wildman–Crippen MR) is 124 cm³/mol. The highest BCUT2D eigenvalue weighted by Gasteiger charge is 2.14. The lowest BCUT2D eigenvalue weighted by Gasteiger charge is -2.12. The van der Waals surface area contributed by atoms with Crippen molar-refractivity contribution < 1.29 is 0 Å². The predicted octanol–water partition coefficient (Wildman–Crippen LogP) is 6.88. The molecule has 5 heteroatoms. The minimum absolute atomic E-state index is 0.292. The molecule has 0 aliphatic heterocycles. The number of pyridine rings is 1. The smallest absolute Gasteiger partial charge is 0.183 e. The SMILES string of the molecule is Cc1ccc(-c2cnccc2-c2cnc(N[C@H](C)Cc3ccccc3)s2)c(Cl)c1. The van der Waals surface area contributed by atoms with E-state index in [9.17, 15) is 0 Å². The Kier molecular flexibility index (Phi) is 5.93. The van der Waals surface area contributed by atoms with Gasteiger partial charge in [-0.15, -0.1) is 0 Å². The summed E-state index contributed by atoms with van der Waals surface area (Å²) in [5, 5.41) is 5.18. The molecule has 29 heavy (non-hydrogen) atoms. The number of benzene rings is 2. The second kappa shape index (κ2) is 8.76. The van der Waals surface area contributed by atoms with Crippen LogP contribution in [0.1, 0.15) is 18.1 Å². The maximum Gasteiger partial charge on any atom is 0.183 e. The van der Waals surface area contributed by atoms with Crippen LogP contribution in [0.5, 0.6) is 0 Å². The summed E-state index contributed by atoms with van der Waals surface area (Å²) in [5.41, 5.74) is 5.55. The third kappa shape index (κ3) is 4.66. The number of thiazole rings is 1. The molecule has 1 atom stereocenters. The van der Waals surface area contributed by atoms with Crippen molar-refractivity contribution in [1.29, 1.82) is 0 Å². The summed E-state index contributed by atoms with van der Waals surface area (Å²) in [6.07, 6.45) is 6.56. The molecule has 2 heterocycles. The summed E-state index contributed by atoms with van der Waals surface area (Å²) in [4.78, 5) is 10.0. The van der Waals surface area contributed by atoms with Gasteiger partial charge in [-0.25, -0.2) is 4.98 Å². The van der Waals surface area contributed by atoms with Gasteiger partial charge in [0.2, 0.25) is 0 Å². The van der Waals surface area contributed by atoms with Crippen LogP contribution in [0.3, 0.4) is 0 Å². The first kappa shape index (κ1) is 19.6. The zero-order valence-electron chi connectivity index (χ0n) is 16.4. The Morgan fingerprint density at radius 3 is 2.62 bits per heavy atom. The van der Waals surface area contributed by atoms with Gasteiger partial charge in [-0.1, -0.05) is 65.4 Å². The van der Waals surface area contributed by atoms with Crippen molar-refractivity contribution in [1.82, 2.24) is 9.97 Å². The molecule has 2 aromatic heterocycles. The fourth-order valence-electron chi connectivity index (χ4n) is 3.36. The van der Waals surface area contributed by atoms with Gasteiger partial charge < -0.3 is 5.32 Å². The molecule has 2 aromatic carbocycles. The van der Waals surface area contributed by atoms with E-state index in [0.717, 1.165) is 43.7 Å². The average Bonchev–Trinajstić information content (AvgIpc) is 3.17. The molecule has 0 aliphatic carbocycles. The monoisotopic (exact) mass is 419 g/mol. The van der Waals surface area contributed by atoms with Crippen molar-refractivity contribution in [2.45, 2.75) is 26.3 Å². The van der Waals surface area contributed by atoms with E-state index in [-0.39, 0.29) is 0 Å². The van der Waals surface area contributed by atoms with Gasteiger partial charge in [0.15, 0.2) is 5.13 Å². The molecule has 0 saturated heterocycles. The van der Waals surface area contributed by atoms with E-state index in [4.69, 9.17) is 11.6 Å². The summed E-state index contributed by atoms with van der Waals surface area (Å²) in [5.74, 6) is 0. The quantitative estimate of drug-likeness (QED) is 0.370. The first-order valence-corrected chi connectivity index (χ1v) is 10.8. The first-order chi connectivity index (χ1) is 14.1. The largest absolute Gasteiger partial charge is 0.359 e. The Bertz CT molecular complexity index is 1110. The normalized spacial score (nSPS) is 12.0. The minimum Gasteiger partial charge on any atom is -0.359 e. The summed E-state index contributed by atoms with van der Waals surface area (Å²) in [6, 6.07) is 18.9. The number of hydrogen-bond acceptors (Lipinski definition) is 4. The fourth-order valence-corrected chi connectivity index (χ4v) is 4.66. The molecule has 0 unspecified atom stereocenters. The molecule has 3 nitrogen and oxygen atoms in total. The standard InChI is InChI=1S/C24H22ClN3S/c1-16-8-9-19(22(25)12-16)21-14-26-11-10-20(21)23-15-27-24(29-23)28-17(2)13-18-6-4-3-5-7-18/h3-12,14-15,17H,13H2,1-2H3,(H,27,28)/t17-/m1/s1. The highest BCUT2D eigenvalue weighted by atomic mass is 35.5. The molecule has 0 spiro atoms. The number of halogens is 1. The van der Waals surface area contributed by atoms with Crippen LogP contribution >= 0.6 is 22.9 Å². The van der Waals surface area contributed by atoms with Crippen LogP contribution in [0.25, 0.3) is 21.6 Å². The number of nitrogens with one attached hydrogen (secondary N) is 1.